The van der Waals surface area contributed by atoms with Crippen molar-refractivity contribution < 1.29 is 23.9 Å². The van der Waals surface area contributed by atoms with Gasteiger partial charge >= 0.3 is 0 Å². The topological polar surface area (TPSA) is 77.0 Å². The first-order chi connectivity index (χ1) is 12.2. The van der Waals surface area contributed by atoms with Gasteiger partial charge in [0.25, 0.3) is 5.91 Å². The lowest BCUT2D eigenvalue weighted by Gasteiger charge is -2.23. The molecule has 7 nitrogen and oxygen atoms in total. The first-order valence-corrected chi connectivity index (χ1v) is 8.65. The summed E-state index contributed by atoms with van der Waals surface area (Å²) in [4.78, 5) is 17.0. The number of nitrogens with one attached hydrogen (secondary N) is 3. The molecule has 0 saturated carbocycles. The average molecular weight is 348 g/mol. The van der Waals surface area contributed by atoms with Gasteiger partial charge in [0.05, 0.1) is 34.0 Å². The van der Waals surface area contributed by atoms with Crippen molar-refractivity contribution in [2.45, 2.75) is 6.42 Å². The van der Waals surface area contributed by atoms with Crippen LogP contribution in [0.5, 0.6) is 11.5 Å². The fraction of sp³-hybridized carbons (Fsp3) is 0.500. The van der Waals surface area contributed by atoms with E-state index >= 15 is 0 Å². The van der Waals surface area contributed by atoms with E-state index in [1.807, 2.05) is 18.2 Å². The molecule has 7 heteroatoms. The van der Waals surface area contributed by atoms with Crippen molar-refractivity contribution in [3.63, 3.8) is 0 Å². The van der Waals surface area contributed by atoms with Gasteiger partial charge < -0.3 is 29.4 Å². The number of benzene rings is 1. The third-order valence-corrected chi connectivity index (χ3v) is 4.56. The second-order valence-corrected chi connectivity index (χ2v) is 6.20. The highest BCUT2D eigenvalue weighted by Crippen LogP contribution is 2.32. The molecule has 0 aliphatic carbocycles. The van der Waals surface area contributed by atoms with E-state index in [0.29, 0.717) is 23.7 Å². The van der Waals surface area contributed by atoms with Crippen molar-refractivity contribution in [1.82, 2.24) is 10.3 Å². The van der Waals surface area contributed by atoms with Gasteiger partial charge in [0, 0.05) is 29.9 Å². The van der Waals surface area contributed by atoms with Crippen LogP contribution in [0.4, 0.5) is 0 Å². The highest BCUT2D eigenvalue weighted by Gasteiger charge is 2.15. The molecule has 0 bridgehead atoms. The fourth-order valence-corrected chi connectivity index (χ4v) is 3.13. The molecule has 25 heavy (non-hydrogen) atoms. The van der Waals surface area contributed by atoms with Crippen molar-refractivity contribution in [2.24, 2.45) is 0 Å². The molecule has 0 spiro atoms. The normalized spacial score (nSPS) is 15.3. The minimum atomic E-state index is -0.0916. The Hall–Kier alpha value is -2.25. The Labute approximate surface area is 147 Å². The van der Waals surface area contributed by atoms with Gasteiger partial charge in [-0.05, 0) is 12.1 Å². The number of H-pyrrole nitrogens is 1. The summed E-state index contributed by atoms with van der Waals surface area (Å²) < 4.78 is 15.9. The van der Waals surface area contributed by atoms with Crippen LogP contribution in [0.15, 0.2) is 18.2 Å². The largest absolute Gasteiger partial charge is 0.493 e. The lowest BCUT2D eigenvalue weighted by atomic mass is 10.2. The molecule has 1 fully saturated rings. The molecule has 3 N–H and O–H groups in total. The van der Waals surface area contributed by atoms with Crippen LogP contribution in [0.2, 0.25) is 0 Å². The predicted molar refractivity (Wildman–Crippen MR) is 94.7 cm³/mol. The minimum absolute atomic E-state index is 0.0916. The number of fused-ring (bicyclic) bond motifs is 1. The Morgan fingerprint density at radius 2 is 1.92 bits per heavy atom. The Kier molecular flexibility index (Phi) is 5.78. The van der Waals surface area contributed by atoms with Gasteiger partial charge in [-0.1, -0.05) is 0 Å². The summed E-state index contributed by atoms with van der Waals surface area (Å²) in [5, 5.41) is 3.90. The zero-order valence-corrected chi connectivity index (χ0v) is 14.8. The maximum atomic E-state index is 12.3. The van der Waals surface area contributed by atoms with Crippen molar-refractivity contribution in [2.75, 3.05) is 53.6 Å². The van der Waals surface area contributed by atoms with Crippen LogP contribution in [-0.4, -0.2) is 64.5 Å². The number of morpholine rings is 1. The summed E-state index contributed by atoms with van der Waals surface area (Å²) in [6.45, 7) is 5.52. The van der Waals surface area contributed by atoms with Crippen LogP contribution in [-0.2, 0) is 4.74 Å². The molecule has 1 amide bonds. The van der Waals surface area contributed by atoms with Crippen LogP contribution >= 0.6 is 0 Å². The molecule has 1 saturated heterocycles. The highest BCUT2D eigenvalue weighted by molar-refractivity contribution is 5.98. The monoisotopic (exact) mass is 348 g/mol. The zero-order valence-electron chi connectivity index (χ0n) is 14.8. The maximum Gasteiger partial charge on any atom is 0.267 e. The molecular weight excluding hydrogens is 322 g/mol. The molecule has 1 aliphatic rings. The smallest absolute Gasteiger partial charge is 0.267 e. The van der Waals surface area contributed by atoms with E-state index in [0.717, 1.165) is 50.2 Å². The molecule has 0 atom stereocenters. The van der Waals surface area contributed by atoms with E-state index in [1.165, 1.54) is 0 Å². The second-order valence-electron chi connectivity index (χ2n) is 6.20. The van der Waals surface area contributed by atoms with Crippen LogP contribution < -0.4 is 19.7 Å². The van der Waals surface area contributed by atoms with Gasteiger partial charge in [0.1, 0.15) is 18.8 Å². The Morgan fingerprint density at radius 1 is 1.20 bits per heavy atom. The number of hydrogen-bond acceptors (Lipinski definition) is 4. The van der Waals surface area contributed by atoms with E-state index < -0.39 is 0 Å². The minimum Gasteiger partial charge on any atom is -0.493 e. The van der Waals surface area contributed by atoms with Crippen molar-refractivity contribution >= 4 is 16.8 Å². The zero-order chi connectivity index (χ0) is 17.6. The molecule has 0 radical (unpaired) electrons. The number of aromatic amines is 1. The number of ether oxygens (including phenoxy) is 3. The number of quaternary nitrogens is 1. The fourth-order valence-electron chi connectivity index (χ4n) is 3.13. The number of hydrogen-bond donors (Lipinski definition) is 3. The van der Waals surface area contributed by atoms with Gasteiger partial charge in [0.2, 0.25) is 0 Å². The standard InChI is InChI=1S/C18H25N3O4/c1-23-16-11-13-10-15(20-14(13)12-17(16)24-2)18(22)19-4-3-5-21-6-8-25-9-7-21/h10-12,20H,3-9H2,1-2H3,(H,19,22)/p+1. The Balaban J connectivity index is 1.56. The van der Waals surface area contributed by atoms with Gasteiger partial charge in [-0.3, -0.25) is 4.79 Å². The lowest BCUT2D eigenvalue weighted by molar-refractivity contribution is -0.908. The number of rotatable bonds is 7. The molecule has 2 heterocycles. The van der Waals surface area contributed by atoms with Crippen LogP contribution in [0.1, 0.15) is 16.9 Å². The quantitative estimate of drug-likeness (QED) is 0.626. The van der Waals surface area contributed by atoms with Crippen molar-refractivity contribution in [1.29, 1.82) is 0 Å². The lowest BCUT2D eigenvalue weighted by Crippen LogP contribution is -3.14. The van der Waals surface area contributed by atoms with Gasteiger partial charge in [-0.15, -0.1) is 0 Å². The summed E-state index contributed by atoms with van der Waals surface area (Å²) in [6.07, 6.45) is 0.961. The molecule has 1 aromatic carbocycles. The highest BCUT2D eigenvalue weighted by atomic mass is 16.5. The summed E-state index contributed by atoms with van der Waals surface area (Å²) in [6, 6.07) is 5.54. The number of carbonyl (C=O) groups excluding carboxylic acids is 1. The second kappa shape index (κ2) is 8.22. The Bertz CT molecular complexity index is 681. The molecular formula is C18H26N3O4+. The van der Waals surface area contributed by atoms with Crippen LogP contribution in [0, 0.1) is 0 Å². The maximum absolute atomic E-state index is 12.3. The average Bonchev–Trinajstić information content (AvgIpc) is 3.07. The summed E-state index contributed by atoms with van der Waals surface area (Å²) in [7, 11) is 3.19. The van der Waals surface area contributed by atoms with Crippen molar-refractivity contribution in [3.05, 3.63) is 23.9 Å². The molecule has 2 aromatic rings. The SMILES string of the molecule is COc1cc2cc(C(=O)NCCC[NH+]3CCOCC3)[nH]c2cc1OC. The molecule has 136 valence electrons. The number of methoxy groups -OCH3 is 2. The third kappa shape index (κ3) is 4.24. The summed E-state index contributed by atoms with van der Waals surface area (Å²) >= 11 is 0. The number of aromatic nitrogens is 1. The summed E-state index contributed by atoms with van der Waals surface area (Å²) in [5.41, 5.74) is 1.39. The van der Waals surface area contributed by atoms with Crippen LogP contribution in [0.25, 0.3) is 10.9 Å². The molecule has 0 unspecified atom stereocenters. The molecule has 3 rings (SSSR count). The van der Waals surface area contributed by atoms with E-state index in [4.69, 9.17) is 14.2 Å². The number of amides is 1. The van der Waals surface area contributed by atoms with Crippen LogP contribution in [0.3, 0.4) is 0 Å². The summed E-state index contributed by atoms with van der Waals surface area (Å²) in [5.74, 6) is 1.19. The van der Waals surface area contributed by atoms with E-state index in [2.05, 4.69) is 10.3 Å². The van der Waals surface area contributed by atoms with Gasteiger partial charge in [-0.2, -0.15) is 0 Å². The van der Waals surface area contributed by atoms with Gasteiger partial charge in [-0.25, -0.2) is 0 Å². The molecule has 1 aromatic heterocycles. The van der Waals surface area contributed by atoms with E-state index in [1.54, 1.807) is 19.1 Å². The number of carbonyl (C=O) groups is 1. The predicted octanol–water partition coefficient (Wildman–Crippen LogP) is 0.220. The van der Waals surface area contributed by atoms with E-state index in [9.17, 15) is 4.79 Å². The Morgan fingerprint density at radius 3 is 2.64 bits per heavy atom. The van der Waals surface area contributed by atoms with Gasteiger partial charge in [0.15, 0.2) is 11.5 Å². The first kappa shape index (κ1) is 17.6. The first-order valence-electron chi connectivity index (χ1n) is 8.65. The van der Waals surface area contributed by atoms with E-state index in [-0.39, 0.29) is 5.91 Å². The molecule has 1 aliphatic heterocycles. The van der Waals surface area contributed by atoms with Crippen molar-refractivity contribution in [3.8, 4) is 11.5 Å². The third-order valence-electron chi connectivity index (χ3n) is 4.56.